The van der Waals surface area contributed by atoms with Gasteiger partial charge in [0.2, 0.25) is 0 Å². The summed E-state index contributed by atoms with van der Waals surface area (Å²) in [4.78, 5) is 18.0. The number of aromatic nitrogens is 2. The predicted molar refractivity (Wildman–Crippen MR) is 118 cm³/mol. The highest BCUT2D eigenvalue weighted by molar-refractivity contribution is 6.30. The van der Waals surface area contributed by atoms with Gasteiger partial charge in [0.05, 0.1) is 6.61 Å². The number of halogens is 1. The summed E-state index contributed by atoms with van der Waals surface area (Å²) in [5, 5.41) is 9.88. The minimum absolute atomic E-state index is 0.195. The van der Waals surface area contributed by atoms with Crippen molar-refractivity contribution in [1.82, 2.24) is 14.9 Å². The van der Waals surface area contributed by atoms with E-state index in [0.29, 0.717) is 5.69 Å². The second kappa shape index (κ2) is 9.02. The highest BCUT2D eigenvalue weighted by Crippen LogP contribution is 2.31. The molecule has 0 radical (unpaired) electrons. The number of benzene rings is 1. The molecular formula is C20H28ClN7O. The van der Waals surface area contributed by atoms with Crippen LogP contribution in [0.4, 0.5) is 23.0 Å². The van der Waals surface area contributed by atoms with Gasteiger partial charge in [0.25, 0.3) is 0 Å². The van der Waals surface area contributed by atoms with Crippen molar-refractivity contribution in [3.63, 3.8) is 0 Å². The largest absolute Gasteiger partial charge is 0.395 e. The molecule has 2 fully saturated rings. The van der Waals surface area contributed by atoms with Crippen LogP contribution >= 0.6 is 11.6 Å². The van der Waals surface area contributed by atoms with Crippen LogP contribution < -0.4 is 20.4 Å². The zero-order chi connectivity index (χ0) is 20.2. The lowest BCUT2D eigenvalue weighted by molar-refractivity contribution is 0.188. The first kappa shape index (κ1) is 20.0. The Bertz CT molecular complexity index is 820. The summed E-state index contributed by atoms with van der Waals surface area (Å²) in [5.41, 5.74) is 8.31. The summed E-state index contributed by atoms with van der Waals surface area (Å²) in [6.07, 6.45) is 1.62. The van der Waals surface area contributed by atoms with Gasteiger partial charge >= 0.3 is 0 Å². The SMILES string of the molecule is Nc1c(N2CCN(CCO)CC2)ncnc1N1CCN(c2cccc(Cl)c2)CC1. The van der Waals surface area contributed by atoms with Gasteiger partial charge in [-0.05, 0) is 18.2 Å². The van der Waals surface area contributed by atoms with E-state index in [1.807, 2.05) is 18.2 Å². The first-order chi connectivity index (χ1) is 14.2. The Balaban J connectivity index is 1.42. The van der Waals surface area contributed by atoms with Crippen molar-refractivity contribution < 1.29 is 5.11 Å². The van der Waals surface area contributed by atoms with E-state index in [1.54, 1.807) is 6.33 Å². The number of nitrogen functional groups attached to an aromatic ring is 1. The highest BCUT2D eigenvalue weighted by Gasteiger charge is 2.25. The lowest BCUT2D eigenvalue weighted by atomic mass is 10.2. The number of aliphatic hydroxyl groups is 1. The van der Waals surface area contributed by atoms with Crippen molar-refractivity contribution in [2.75, 3.05) is 85.9 Å². The van der Waals surface area contributed by atoms with E-state index < -0.39 is 0 Å². The predicted octanol–water partition coefficient (Wildman–Crippen LogP) is 1.15. The van der Waals surface area contributed by atoms with Gasteiger partial charge in [-0.1, -0.05) is 17.7 Å². The van der Waals surface area contributed by atoms with E-state index >= 15 is 0 Å². The van der Waals surface area contributed by atoms with Gasteiger partial charge in [0, 0.05) is 69.6 Å². The topological polar surface area (TPSA) is 85.0 Å². The molecule has 0 spiro atoms. The van der Waals surface area contributed by atoms with Gasteiger partial charge in [0.15, 0.2) is 11.6 Å². The van der Waals surface area contributed by atoms with Gasteiger partial charge in [-0.25, -0.2) is 9.97 Å². The summed E-state index contributed by atoms with van der Waals surface area (Å²) in [6.45, 7) is 7.88. The average Bonchev–Trinajstić information content (AvgIpc) is 2.75. The van der Waals surface area contributed by atoms with Crippen LogP contribution in [-0.4, -0.2) is 85.5 Å². The number of anilines is 4. The summed E-state index contributed by atoms with van der Waals surface area (Å²) < 4.78 is 0. The smallest absolute Gasteiger partial charge is 0.157 e. The first-order valence-electron chi connectivity index (χ1n) is 10.1. The van der Waals surface area contributed by atoms with Gasteiger partial charge < -0.3 is 25.5 Å². The Morgan fingerprint density at radius 3 is 2.07 bits per heavy atom. The molecule has 9 heteroatoms. The molecule has 3 N–H and O–H groups in total. The third-order valence-corrected chi connectivity index (χ3v) is 5.92. The molecule has 0 unspecified atom stereocenters. The Labute approximate surface area is 176 Å². The fourth-order valence-corrected chi connectivity index (χ4v) is 4.24. The zero-order valence-electron chi connectivity index (χ0n) is 16.5. The van der Waals surface area contributed by atoms with Crippen molar-refractivity contribution in [1.29, 1.82) is 0 Å². The first-order valence-corrected chi connectivity index (χ1v) is 10.5. The number of hydrogen-bond donors (Lipinski definition) is 2. The average molecular weight is 418 g/mol. The summed E-state index contributed by atoms with van der Waals surface area (Å²) in [7, 11) is 0. The van der Waals surface area contributed by atoms with Crippen molar-refractivity contribution in [2.45, 2.75) is 0 Å². The maximum atomic E-state index is 9.12. The van der Waals surface area contributed by atoms with E-state index in [0.717, 1.165) is 81.2 Å². The molecule has 2 aliphatic rings. The van der Waals surface area contributed by atoms with E-state index in [-0.39, 0.29) is 6.61 Å². The second-order valence-electron chi connectivity index (χ2n) is 7.44. The maximum Gasteiger partial charge on any atom is 0.157 e. The third-order valence-electron chi connectivity index (χ3n) is 5.68. The number of nitrogens with two attached hydrogens (primary N) is 1. The number of β-amino-alcohol motifs (C(OH)–C–C–N with tert-alkyl or cyclic N) is 1. The summed E-state index contributed by atoms with van der Waals surface area (Å²) >= 11 is 6.14. The summed E-state index contributed by atoms with van der Waals surface area (Å²) in [5.74, 6) is 1.63. The van der Waals surface area contributed by atoms with E-state index in [1.165, 1.54) is 0 Å². The Morgan fingerprint density at radius 1 is 0.897 bits per heavy atom. The van der Waals surface area contributed by atoms with Crippen molar-refractivity contribution >= 4 is 34.6 Å². The molecule has 2 saturated heterocycles. The molecule has 29 heavy (non-hydrogen) atoms. The number of hydrogen-bond acceptors (Lipinski definition) is 8. The molecule has 1 aromatic carbocycles. The number of piperazine rings is 2. The molecule has 2 aliphatic heterocycles. The van der Waals surface area contributed by atoms with Crippen molar-refractivity contribution in [3.05, 3.63) is 35.6 Å². The Morgan fingerprint density at radius 2 is 1.48 bits per heavy atom. The van der Waals surface area contributed by atoms with Crippen LogP contribution in [-0.2, 0) is 0 Å². The molecule has 0 atom stereocenters. The highest BCUT2D eigenvalue weighted by atomic mass is 35.5. The van der Waals surface area contributed by atoms with E-state index in [4.69, 9.17) is 22.4 Å². The van der Waals surface area contributed by atoms with Crippen LogP contribution in [0.3, 0.4) is 0 Å². The van der Waals surface area contributed by atoms with Crippen LogP contribution in [0.2, 0.25) is 5.02 Å². The zero-order valence-corrected chi connectivity index (χ0v) is 17.3. The van der Waals surface area contributed by atoms with E-state index in [9.17, 15) is 0 Å². The molecular weight excluding hydrogens is 390 g/mol. The fourth-order valence-electron chi connectivity index (χ4n) is 4.06. The van der Waals surface area contributed by atoms with Gasteiger partial charge in [-0.15, -0.1) is 0 Å². The summed E-state index contributed by atoms with van der Waals surface area (Å²) in [6, 6.07) is 7.98. The standard InChI is InChI=1S/C20H28ClN7O/c21-16-2-1-3-17(14-16)26-8-10-28(11-9-26)20-18(22)19(23-15-24-20)27-6-4-25(5-7-27)12-13-29/h1-3,14-15,29H,4-13,22H2. The molecule has 2 aromatic rings. The molecule has 4 rings (SSSR count). The van der Waals surface area contributed by atoms with Crippen LogP contribution in [0, 0.1) is 0 Å². The quantitative estimate of drug-likeness (QED) is 0.749. The van der Waals surface area contributed by atoms with Crippen LogP contribution in [0.15, 0.2) is 30.6 Å². The van der Waals surface area contributed by atoms with Crippen molar-refractivity contribution in [2.24, 2.45) is 0 Å². The van der Waals surface area contributed by atoms with Crippen molar-refractivity contribution in [3.8, 4) is 0 Å². The van der Waals surface area contributed by atoms with Gasteiger partial charge in [-0.3, -0.25) is 4.90 Å². The lowest BCUT2D eigenvalue weighted by Gasteiger charge is -2.38. The molecule has 0 saturated carbocycles. The van der Waals surface area contributed by atoms with Gasteiger partial charge in [-0.2, -0.15) is 0 Å². The Hall–Kier alpha value is -2.29. The molecule has 0 bridgehead atoms. The molecule has 1 aromatic heterocycles. The van der Waals surface area contributed by atoms with Gasteiger partial charge in [0.1, 0.15) is 12.0 Å². The normalized spacial score (nSPS) is 18.3. The third kappa shape index (κ3) is 4.49. The molecule has 156 valence electrons. The van der Waals surface area contributed by atoms with Crippen LogP contribution in [0.25, 0.3) is 0 Å². The van der Waals surface area contributed by atoms with Crippen LogP contribution in [0.1, 0.15) is 0 Å². The molecule has 0 amide bonds. The Kier molecular flexibility index (Phi) is 6.22. The minimum atomic E-state index is 0.195. The van der Waals surface area contributed by atoms with E-state index in [2.05, 4.69) is 35.6 Å². The maximum absolute atomic E-state index is 9.12. The monoisotopic (exact) mass is 417 g/mol. The minimum Gasteiger partial charge on any atom is -0.395 e. The number of rotatable bonds is 5. The molecule has 3 heterocycles. The van der Waals surface area contributed by atoms with Crippen LogP contribution in [0.5, 0.6) is 0 Å². The molecule has 0 aliphatic carbocycles. The number of aliphatic hydroxyl groups excluding tert-OH is 1. The second-order valence-corrected chi connectivity index (χ2v) is 7.88. The molecule has 8 nitrogen and oxygen atoms in total. The fraction of sp³-hybridized carbons (Fsp3) is 0.500. The lowest BCUT2D eigenvalue weighted by Crippen LogP contribution is -2.48. The number of nitrogens with zero attached hydrogens (tertiary/aromatic N) is 6.